The fourth-order valence-electron chi connectivity index (χ4n) is 2.37. The van der Waals surface area contributed by atoms with Crippen LogP contribution >= 0.6 is 24.8 Å². The maximum atomic E-state index is 12.4. The fraction of sp³-hybridized carbons (Fsp3) is 0.571. The highest BCUT2D eigenvalue weighted by Crippen LogP contribution is 2.17. The maximum Gasteiger partial charge on any atom is 0.242 e. The van der Waals surface area contributed by atoms with Crippen LogP contribution in [0.5, 0.6) is 0 Å². The molecule has 0 aromatic heterocycles. The number of halogens is 2. The summed E-state index contributed by atoms with van der Waals surface area (Å²) in [5.74, 6) is 0. The quantitative estimate of drug-likeness (QED) is 0.607. The van der Waals surface area contributed by atoms with Gasteiger partial charge in [0.05, 0.1) is 9.79 Å². The van der Waals surface area contributed by atoms with E-state index >= 15 is 0 Å². The van der Waals surface area contributed by atoms with Crippen LogP contribution in [-0.2, 0) is 20.0 Å². The molecule has 1 saturated heterocycles. The number of hydrogen-bond donors (Lipinski definition) is 2. The van der Waals surface area contributed by atoms with E-state index in [2.05, 4.69) is 14.9 Å². The summed E-state index contributed by atoms with van der Waals surface area (Å²) in [6, 6.07) is 5.39. The molecule has 12 heteroatoms. The average Bonchev–Trinajstić information content (AvgIpc) is 2.55. The molecule has 8 nitrogen and oxygen atoms in total. The molecule has 26 heavy (non-hydrogen) atoms. The second-order valence-electron chi connectivity index (χ2n) is 5.75. The number of rotatable bonds is 7. The van der Waals surface area contributed by atoms with Crippen LogP contribution in [0.25, 0.3) is 0 Å². The number of nitrogens with one attached hydrogen (secondary N) is 2. The topological polar surface area (TPSA) is 98.8 Å². The Morgan fingerprint density at radius 1 is 1.08 bits per heavy atom. The van der Waals surface area contributed by atoms with E-state index in [0.29, 0.717) is 6.54 Å². The highest BCUT2D eigenvalue weighted by molar-refractivity contribution is 7.90. The first-order valence-corrected chi connectivity index (χ1v) is 10.6. The van der Waals surface area contributed by atoms with Gasteiger partial charge in [-0.25, -0.2) is 25.9 Å². The van der Waals surface area contributed by atoms with Gasteiger partial charge < -0.3 is 5.32 Å². The van der Waals surface area contributed by atoms with Crippen LogP contribution in [0.3, 0.4) is 0 Å². The van der Waals surface area contributed by atoms with E-state index in [0.717, 1.165) is 30.5 Å². The first kappa shape index (κ1) is 25.5. The average molecular weight is 449 g/mol. The van der Waals surface area contributed by atoms with Crippen molar-refractivity contribution < 1.29 is 16.8 Å². The Kier molecular flexibility index (Phi) is 10.6. The van der Waals surface area contributed by atoms with Crippen molar-refractivity contribution in [1.82, 2.24) is 19.2 Å². The summed E-state index contributed by atoms with van der Waals surface area (Å²) < 4.78 is 52.6. The molecule has 2 N–H and O–H groups in total. The summed E-state index contributed by atoms with van der Waals surface area (Å²) in [4.78, 5) is 2.08. The lowest BCUT2D eigenvalue weighted by atomic mass is 10.3. The van der Waals surface area contributed by atoms with E-state index in [1.54, 1.807) is 0 Å². The number of hydrogen-bond acceptors (Lipinski definition) is 6. The molecule has 1 aliphatic rings. The van der Waals surface area contributed by atoms with Gasteiger partial charge in [-0.05, 0) is 18.2 Å². The molecule has 0 saturated carbocycles. The summed E-state index contributed by atoms with van der Waals surface area (Å²) in [6.07, 6.45) is 0. The van der Waals surface area contributed by atoms with Gasteiger partial charge in [0.1, 0.15) is 0 Å². The van der Waals surface area contributed by atoms with E-state index in [4.69, 9.17) is 0 Å². The van der Waals surface area contributed by atoms with Crippen LogP contribution < -0.4 is 10.0 Å². The molecule has 0 bridgehead atoms. The monoisotopic (exact) mass is 448 g/mol. The number of sulfonamides is 2. The zero-order chi connectivity index (χ0) is 17.8. The molecule has 0 amide bonds. The van der Waals surface area contributed by atoms with Crippen molar-refractivity contribution in [1.29, 1.82) is 0 Å². The summed E-state index contributed by atoms with van der Waals surface area (Å²) in [5, 5.41) is 3.24. The smallest absolute Gasteiger partial charge is 0.242 e. The van der Waals surface area contributed by atoms with Crippen LogP contribution in [-0.4, -0.2) is 79.4 Å². The van der Waals surface area contributed by atoms with Crippen molar-refractivity contribution in [3.05, 3.63) is 24.3 Å². The number of nitrogens with zero attached hydrogens (tertiary/aromatic N) is 2. The van der Waals surface area contributed by atoms with Gasteiger partial charge in [-0.2, -0.15) is 0 Å². The van der Waals surface area contributed by atoms with Crippen LogP contribution in [0.15, 0.2) is 34.1 Å². The Bertz CT molecular complexity index is 767. The Balaban J connectivity index is 0.00000312. The van der Waals surface area contributed by atoms with E-state index in [9.17, 15) is 16.8 Å². The van der Waals surface area contributed by atoms with Crippen LogP contribution in [0.2, 0.25) is 0 Å². The zero-order valence-corrected chi connectivity index (χ0v) is 18.0. The molecule has 0 atom stereocenters. The predicted octanol–water partition coefficient (Wildman–Crippen LogP) is -0.0360. The Labute approximate surface area is 168 Å². The van der Waals surface area contributed by atoms with Gasteiger partial charge in [0.15, 0.2) is 0 Å². The molecule has 1 aromatic rings. The van der Waals surface area contributed by atoms with Gasteiger partial charge in [-0.3, -0.25) is 4.90 Å². The second kappa shape index (κ2) is 10.8. The van der Waals surface area contributed by atoms with E-state index in [-0.39, 0.29) is 41.1 Å². The molecule has 1 aromatic carbocycles. The molecular weight excluding hydrogens is 423 g/mol. The molecule has 2 rings (SSSR count). The molecule has 152 valence electrons. The fourth-order valence-corrected chi connectivity index (χ4v) is 4.46. The third-order valence-corrected chi connectivity index (χ3v) is 7.09. The first-order chi connectivity index (χ1) is 11.2. The lowest BCUT2D eigenvalue weighted by Gasteiger charge is -2.27. The summed E-state index contributed by atoms with van der Waals surface area (Å²) in [5.41, 5.74) is 0. The second-order valence-corrected chi connectivity index (χ2v) is 9.67. The molecule has 0 unspecified atom stereocenters. The van der Waals surface area contributed by atoms with Crippen molar-refractivity contribution in [3.8, 4) is 0 Å². The number of piperazine rings is 1. The van der Waals surface area contributed by atoms with Crippen molar-refractivity contribution in [3.63, 3.8) is 0 Å². The molecular formula is C14H26Cl2N4O4S2. The minimum Gasteiger partial charge on any atom is -0.314 e. The highest BCUT2D eigenvalue weighted by atomic mass is 35.5. The normalized spacial score (nSPS) is 16.0. The molecule has 1 aliphatic heterocycles. The third-order valence-electron chi connectivity index (χ3n) is 3.82. The molecule has 1 fully saturated rings. The Morgan fingerprint density at radius 2 is 1.65 bits per heavy atom. The van der Waals surface area contributed by atoms with Crippen LogP contribution in [0.4, 0.5) is 0 Å². The van der Waals surface area contributed by atoms with Gasteiger partial charge in [0.25, 0.3) is 0 Å². The van der Waals surface area contributed by atoms with Gasteiger partial charge in [0.2, 0.25) is 20.0 Å². The highest BCUT2D eigenvalue weighted by Gasteiger charge is 2.21. The minimum absolute atomic E-state index is 0. The SMILES string of the molecule is CN(C)S(=O)(=O)c1cccc(S(=O)(=O)NCCN2CCNCC2)c1.Cl.Cl. The Hall–Kier alpha value is -0.460. The van der Waals surface area contributed by atoms with E-state index in [1.165, 1.54) is 38.4 Å². The summed E-state index contributed by atoms with van der Waals surface area (Å²) in [6.45, 7) is 4.48. The molecule has 1 heterocycles. The van der Waals surface area contributed by atoms with Crippen molar-refractivity contribution in [2.75, 3.05) is 53.4 Å². The third kappa shape index (κ3) is 6.61. The van der Waals surface area contributed by atoms with Crippen LogP contribution in [0, 0.1) is 0 Å². The first-order valence-electron chi connectivity index (χ1n) is 7.69. The number of benzene rings is 1. The molecule has 0 spiro atoms. The standard InChI is InChI=1S/C14H24N4O4S2.2ClH/c1-17(2)24(21,22)14-5-3-4-13(12-14)23(19,20)16-8-11-18-9-6-15-7-10-18;;/h3-5,12,15-16H,6-11H2,1-2H3;2*1H. The van der Waals surface area contributed by atoms with Gasteiger partial charge in [-0.1, -0.05) is 6.07 Å². The maximum absolute atomic E-state index is 12.4. The predicted molar refractivity (Wildman–Crippen MR) is 106 cm³/mol. The van der Waals surface area contributed by atoms with Gasteiger partial charge in [0, 0.05) is 53.4 Å². The van der Waals surface area contributed by atoms with Crippen molar-refractivity contribution in [2.45, 2.75) is 9.79 Å². The van der Waals surface area contributed by atoms with E-state index in [1.807, 2.05) is 0 Å². The lowest BCUT2D eigenvalue weighted by molar-refractivity contribution is 0.245. The van der Waals surface area contributed by atoms with E-state index < -0.39 is 20.0 Å². The van der Waals surface area contributed by atoms with Crippen LogP contribution in [0.1, 0.15) is 0 Å². The lowest BCUT2D eigenvalue weighted by Crippen LogP contribution is -2.46. The molecule has 0 aliphatic carbocycles. The summed E-state index contributed by atoms with van der Waals surface area (Å²) >= 11 is 0. The van der Waals surface area contributed by atoms with Gasteiger partial charge >= 0.3 is 0 Å². The summed E-state index contributed by atoms with van der Waals surface area (Å²) in [7, 11) is -4.61. The van der Waals surface area contributed by atoms with Gasteiger partial charge in [-0.15, -0.1) is 24.8 Å². The van der Waals surface area contributed by atoms with Crippen molar-refractivity contribution in [2.24, 2.45) is 0 Å². The van der Waals surface area contributed by atoms with Crippen molar-refractivity contribution >= 4 is 44.9 Å². The largest absolute Gasteiger partial charge is 0.314 e. The minimum atomic E-state index is -3.74. The molecule has 0 radical (unpaired) electrons. The Morgan fingerprint density at radius 3 is 2.23 bits per heavy atom. The zero-order valence-electron chi connectivity index (χ0n) is 14.7.